The SMILES string of the molecule is CCCCn1nc(C(=O)O[C@@H](C)C(=O)Nc2c(C)cccc2C)c2ccccc2c1=O. The lowest BCUT2D eigenvalue weighted by molar-refractivity contribution is -0.123. The number of benzene rings is 2. The first kappa shape index (κ1) is 22.2. The summed E-state index contributed by atoms with van der Waals surface area (Å²) in [6, 6.07) is 12.5. The van der Waals surface area contributed by atoms with Crippen molar-refractivity contribution in [1.29, 1.82) is 0 Å². The summed E-state index contributed by atoms with van der Waals surface area (Å²) >= 11 is 0. The summed E-state index contributed by atoms with van der Waals surface area (Å²) in [5.74, 6) is -1.18. The second-order valence-electron chi connectivity index (χ2n) is 7.58. The van der Waals surface area contributed by atoms with Crippen LogP contribution >= 0.6 is 0 Å². The molecule has 0 fully saturated rings. The highest BCUT2D eigenvalue weighted by Crippen LogP contribution is 2.20. The third kappa shape index (κ3) is 4.82. The maximum absolute atomic E-state index is 12.9. The van der Waals surface area contributed by atoms with E-state index < -0.39 is 18.0 Å². The summed E-state index contributed by atoms with van der Waals surface area (Å²) < 4.78 is 6.72. The van der Waals surface area contributed by atoms with Gasteiger partial charge < -0.3 is 10.1 Å². The van der Waals surface area contributed by atoms with Crippen LogP contribution in [-0.4, -0.2) is 27.8 Å². The van der Waals surface area contributed by atoms with Gasteiger partial charge in [-0.2, -0.15) is 5.10 Å². The van der Waals surface area contributed by atoms with E-state index in [1.165, 1.54) is 11.6 Å². The molecular weight excluding hydrogens is 394 g/mol. The molecule has 7 heteroatoms. The topological polar surface area (TPSA) is 90.3 Å². The van der Waals surface area contributed by atoms with E-state index >= 15 is 0 Å². The second-order valence-corrected chi connectivity index (χ2v) is 7.58. The molecule has 0 bridgehead atoms. The third-order valence-electron chi connectivity index (χ3n) is 5.17. The smallest absolute Gasteiger partial charge is 0.360 e. The van der Waals surface area contributed by atoms with Crippen LogP contribution in [0.4, 0.5) is 5.69 Å². The van der Waals surface area contributed by atoms with E-state index in [1.54, 1.807) is 24.3 Å². The fourth-order valence-corrected chi connectivity index (χ4v) is 3.35. The van der Waals surface area contributed by atoms with Crippen LogP contribution in [0.2, 0.25) is 0 Å². The van der Waals surface area contributed by atoms with Crippen molar-refractivity contribution in [3.05, 3.63) is 69.6 Å². The molecule has 1 aromatic heterocycles. The van der Waals surface area contributed by atoms with E-state index in [1.807, 2.05) is 39.0 Å². The summed E-state index contributed by atoms with van der Waals surface area (Å²) in [6.45, 7) is 7.72. The number of carbonyl (C=O) groups is 2. The number of anilines is 1. The highest BCUT2D eigenvalue weighted by molar-refractivity contribution is 6.04. The number of aromatic nitrogens is 2. The monoisotopic (exact) mass is 421 g/mol. The summed E-state index contributed by atoms with van der Waals surface area (Å²) in [6.07, 6.45) is 0.605. The number of ether oxygens (including phenoxy) is 1. The summed E-state index contributed by atoms with van der Waals surface area (Å²) in [5, 5.41) is 7.90. The van der Waals surface area contributed by atoms with Gasteiger partial charge in [0.1, 0.15) is 0 Å². The number of unbranched alkanes of at least 4 members (excludes halogenated alkanes) is 1. The molecular formula is C24H27N3O4. The fourth-order valence-electron chi connectivity index (χ4n) is 3.35. The summed E-state index contributed by atoms with van der Waals surface area (Å²) in [4.78, 5) is 38.3. The number of amides is 1. The van der Waals surface area contributed by atoms with Crippen molar-refractivity contribution in [3.63, 3.8) is 0 Å². The molecule has 2 aromatic carbocycles. The maximum atomic E-state index is 12.9. The largest absolute Gasteiger partial charge is 0.448 e. The van der Waals surface area contributed by atoms with Crippen LogP contribution in [0.15, 0.2) is 47.3 Å². The number of rotatable bonds is 7. The van der Waals surface area contributed by atoms with Crippen molar-refractivity contribution >= 4 is 28.3 Å². The number of esters is 1. The minimum absolute atomic E-state index is 0.0259. The van der Waals surface area contributed by atoms with E-state index in [-0.39, 0.29) is 11.3 Å². The minimum Gasteiger partial charge on any atom is -0.448 e. The molecule has 1 N–H and O–H groups in total. The van der Waals surface area contributed by atoms with Gasteiger partial charge in [-0.05, 0) is 44.4 Å². The number of carbonyl (C=O) groups excluding carboxylic acids is 2. The van der Waals surface area contributed by atoms with Crippen molar-refractivity contribution in [1.82, 2.24) is 9.78 Å². The Kier molecular flexibility index (Phi) is 6.84. The standard InChI is InChI=1S/C24H27N3O4/c1-5-6-14-27-23(29)19-13-8-7-12-18(19)21(26-27)24(30)31-17(4)22(28)25-20-15(2)10-9-11-16(20)3/h7-13,17H,5-6,14H2,1-4H3,(H,25,28)/t17-/m0/s1. The lowest BCUT2D eigenvalue weighted by Gasteiger charge is -2.17. The molecule has 0 saturated carbocycles. The molecule has 1 heterocycles. The van der Waals surface area contributed by atoms with Gasteiger partial charge in [-0.25, -0.2) is 9.48 Å². The van der Waals surface area contributed by atoms with Crippen LogP contribution in [0.5, 0.6) is 0 Å². The normalized spacial score (nSPS) is 11.9. The second kappa shape index (κ2) is 9.55. The Morgan fingerprint density at radius 1 is 1.06 bits per heavy atom. The van der Waals surface area contributed by atoms with E-state index in [9.17, 15) is 14.4 Å². The summed E-state index contributed by atoms with van der Waals surface area (Å²) in [5.41, 5.74) is 2.32. The molecule has 162 valence electrons. The van der Waals surface area contributed by atoms with Crippen LogP contribution in [0.3, 0.4) is 0 Å². The molecule has 0 aliphatic rings. The average Bonchev–Trinajstić information content (AvgIpc) is 2.75. The zero-order valence-electron chi connectivity index (χ0n) is 18.3. The van der Waals surface area contributed by atoms with E-state index in [0.29, 0.717) is 23.0 Å². The minimum atomic E-state index is -1.04. The summed E-state index contributed by atoms with van der Waals surface area (Å²) in [7, 11) is 0. The third-order valence-corrected chi connectivity index (χ3v) is 5.17. The highest BCUT2D eigenvalue weighted by Gasteiger charge is 2.24. The highest BCUT2D eigenvalue weighted by atomic mass is 16.5. The molecule has 3 rings (SSSR count). The number of fused-ring (bicyclic) bond motifs is 1. The first-order chi connectivity index (χ1) is 14.8. The van der Waals surface area contributed by atoms with Gasteiger partial charge >= 0.3 is 5.97 Å². The Morgan fingerprint density at radius 2 is 1.71 bits per heavy atom. The van der Waals surface area contributed by atoms with Gasteiger partial charge in [0.25, 0.3) is 11.5 Å². The molecule has 0 radical (unpaired) electrons. The van der Waals surface area contributed by atoms with Gasteiger partial charge in [0.2, 0.25) is 0 Å². The number of hydrogen-bond acceptors (Lipinski definition) is 5. The van der Waals surface area contributed by atoms with Crippen molar-refractivity contribution in [3.8, 4) is 0 Å². The Morgan fingerprint density at radius 3 is 2.35 bits per heavy atom. The molecule has 1 atom stereocenters. The van der Waals surface area contributed by atoms with Gasteiger partial charge in [0, 0.05) is 17.6 Å². The van der Waals surface area contributed by atoms with Gasteiger partial charge in [-0.3, -0.25) is 9.59 Å². The van der Waals surface area contributed by atoms with Crippen LogP contribution in [-0.2, 0) is 16.1 Å². The molecule has 0 unspecified atom stereocenters. The predicted molar refractivity (Wildman–Crippen MR) is 120 cm³/mol. The van der Waals surface area contributed by atoms with Crippen molar-refractivity contribution in [2.75, 3.05) is 5.32 Å². The van der Waals surface area contributed by atoms with Crippen molar-refractivity contribution < 1.29 is 14.3 Å². The molecule has 0 aliphatic carbocycles. The van der Waals surface area contributed by atoms with Crippen LogP contribution in [0.25, 0.3) is 10.8 Å². The average molecular weight is 421 g/mol. The Hall–Kier alpha value is -3.48. The van der Waals surface area contributed by atoms with Gasteiger partial charge in [0.15, 0.2) is 11.8 Å². The molecule has 0 spiro atoms. The fraction of sp³-hybridized carbons (Fsp3) is 0.333. The molecule has 7 nitrogen and oxygen atoms in total. The number of nitrogens with one attached hydrogen (secondary N) is 1. The number of para-hydroxylation sites is 1. The van der Waals surface area contributed by atoms with Crippen molar-refractivity contribution in [2.45, 2.75) is 53.2 Å². The number of nitrogens with zero attached hydrogens (tertiary/aromatic N) is 2. The molecule has 31 heavy (non-hydrogen) atoms. The van der Waals surface area contributed by atoms with E-state index in [4.69, 9.17) is 4.74 Å². The zero-order valence-corrected chi connectivity index (χ0v) is 18.3. The molecule has 0 aliphatic heterocycles. The molecule has 1 amide bonds. The first-order valence-electron chi connectivity index (χ1n) is 10.4. The molecule has 3 aromatic rings. The van der Waals surface area contributed by atoms with Crippen molar-refractivity contribution in [2.24, 2.45) is 0 Å². The maximum Gasteiger partial charge on any atom is 0.360 e. The Bertz CT molecular complexity index is 1160. The number of aryl methyl sites for hydroxylation is 3. The molecule has 0 saturated heterocycles. The zero-order chi connectivity index (χ0) is 22.5. The van der Waals surface area contributed by atoms with Gasteiger partial charge in [0.05, 0.1) is 5.39 Å². The lowest BCUT2D eigenvalue weighted by Crippen LogP contribution is -2.32. The Balaban J connectivity index is 1.86. The van der Waals surface area contributed by atoms with Crippen LogP contribution in [0.1, 0.15) is 48.3 Å². The van der Waals surface area contributed by atoms with E-state index in [0.717, 1.165) is 24.0 Å². The predicted octanol–water partition coefficient (Wildman–Crippen LogP) is 4.00. The quantitative estimate of drug-likeness (QED) is 0.583. The van der Waals surface area contributed by atoms with Crippen LogP contribution in [0, 0.1) is 13.8 Å². The van der Waals surface area contributed by atoms with Crippen LogP contribution < -0.4 is 10.9 Å². The van der Waals surface area contributed by atoms with E-state index in [2.05, 4.69) is 10.4 Å². The Labute approximate surface area is 181 Å². The number of hydrogen-bond donors (Lipinski definition) is 1. The first-order valence-corrected chi connectivity index (χ1v) is 10.4. The van der Waals surface area contributed by atoms with Gasteiger partial charge in [-0.15, -0.1) is 0 Å². The van der Waals surface area contributed by atoms with Gasteiger partial charge in [-0.1, -0.05) is 49.7 Å². The lowest BCUT2D eigenvalue weighted by atomic mass is 10.1.